The fourth-order valence-corrected chi connectivity index (χ4v) is 6.73. The second kappa shape index (κ2) is 8.25. The topological polar surface area (TPSA) is 83.5 Å². The zero-order valence-corrected chi connectivity index (χ0v) is 19.8. The number of thioether (sulfide) groups is 1. The van der Waals surface area contributed by atoms with Gasteiger partial charge in [-0.25, -0.2) is 14.6 Å². The van der Waals surface area contributed by atoms with Gasteiger partial charge in [0.05, 0.1) is 11.7 Å². The normalized spacial score (nSPS) is 45.1. The summed E-state index contributed by atoms with van der Waals surface area (Å²) in [5.41, 5.74) is -0.334. The number of aliphatic hydroxyl groups excluding tert-OH is 1. The fourth-order valence-electron chi connectivity index (χ4n) is 6.01. The number of carbonyl (C=O) groups excluding carboxylic acids is 1. The number of ether oxygens (including phenoxy) is 3. The third-order valence-corrected chi connectivity index (χ3v) is 8.69. The average molecular weight is 465 g/mol. The Labute approximate surface area is 193 Å². The lowest BCUT2D eigenvalue weighted by molar-refractivity contribution is -0.577. The molecule has 1 saturated carbocycles. The zero-order chi connectivity index (χ0) is 22.7. The predicted octanol–water partition coefficient (Wildman–Crippen LogP) is 4.13. The molecule has 2 bridgehead atoms. The van der Waals surface area contributed by atoms with Gasteiger partial charge in [0.1, 0.15) is 0 Å². The van der Waals surface area contributed by atoms with Crippen LogP contribution >= 0.6 is 11.8 Å². The van der Waals surface area contributed by atoms with E-state index in [0.29, 0.717) is 18.4 Å². The van der Waals surface area contributed by atoms with Gasteiger partial charge in [0.15, 0.2) is 11.9 Å². The van der Waals surface area contributed by atoms with Crippen molar-refractivity contribution in [3.63, 3.8) is 0 Å². The summed E-state index contributed by atoms with van der Waals surface area (Å²) in [5.74, 6) is -0.735. The van der Waals surface area contributed by atoms with Crippen molar-refractivity contribution in [1.29, 1.82) is 0 Å². The fraction of sp³-hybridized carbons (Fsp3) is 0.708. The zero-order valence-electron chi connectivity index (χ0n) is 19.0. The largest absolute Gasteiger partial charge is 0.432 e. The van der Waals surface area contributed by atoms with Crippen LogP contribution in [0, 0.1) is 23.7 Å². The lowest BCUT2D eigenvalue weighted by Gasteiger charge is -2.60. The Kier molecular flexibility index (Phi) is 5.83. The Bertz CT molecular complexity index is 876. The molecule has 0 unspecified atom stereocenters. The summed E-state index contributed by atoms with van der Waals surface area (Å²) in [6, 6.07) is 7.43. The predicted molar refractivity (Wildman–Crippen MR) is 116 cm³/mol. The second-order valence-electron chi connectivity index (χ2n) is 9.75. The lowest BCUT2D eigenvalue weighted by atomic mass is 9.57. The molecular formula is C24H32O7S. The molecule has 176 valence electrons. The molecule has 4 aliphatic heterocycles. The van der Waals surface area contributed by atoms with Crippen LogP contribution in [0.5, 0.6) is 0 Å². The van der Waals surface area contributed by atoms with Gasteiger partial charge in [-0.05, 0) is 49.6 Å². The number of rotatable bonds is 4. The van der Waals surface area contributed by atoms with Crippen LogP contribution in [0.15, 0.2) is 29.2 Å². The third kappa shape index (κ3) is 3.51. The highest BCUT2D eigenvalue weighted by Crippen LogP contribution is 2.60. The molecule has 1 aromatic rings. The van der Waals surface area contributed by atoms with Gasteiger partial charge in [-0.3, -0.25) is 0 Å². The Balaban J connectivity index is 1.43. The van der Waals surface area contributed by atoms with Crippen LogP contribution in [-0.2, 0) is 24.0 Å². The van der Waals surface area contributed by atoms with Crippen molar-refractivity contribution in [1.82, 2.24) is 0 Å². The van der Waals surface area contributed by atoms with E-state index in [4.69, 9.17) is 24.0 Å². The molecule has 0 radical (unpaired) electrons. The summed E-state index contributed by atoms with van der Waals surface area (Å²) in [7, 11) is 0. The van der Waals surface area contributed by atoms with E-state index < -0.39 is 36.0 Å². The maximum atomic E-state index is 13.0. The number of carbonyl (C=O) groups is 1. The number of hydrogen-bond acceptors (Lipinski definition) is 8. The van der Waals surface area contributed by atoms with Gasteiger partial charge in [0, 0.05) is 29.1 Å². The number of aliphatic hydroxyl groups is 1. The number of benzene rings is 1. The van der Waals surface area contributed by atoms with Gasteiger partial charge >= 0.3 is 5.97 Å². The first-order chi connectivity index (χ1) is 15.3. The number of esters is 1. The molecule has 9 atom stereocenters. The highest BCUT2D eigenvalue weighted by atomic mass is 32.2. The molecule has 4 saturated heterocycles. The van der Waals surface area contributed by atoms with Crippen LogP contribution in [0.25, 0.3) is 0 Å². The monoisotopic (exact) mass is 464 g/mol. The van der Waals surface area contributed by atoms with Crippen molar-refractivity contribution in [2.24, 2.45) is 23.7 Å². The molecule has 1 aliphatic carbocycles. The van der Waals surface area contributed by atoms with Gasteiger partial charge in [-0.2, -0.15) is 0 Å². The minimum atomic E-state index is -0.927. The minimum Gasteiger partial charge on any atom is -0.432 e. The number of fused-ring (bicyclic) bond motifs is 2. The van der Waals surface area contributed by atoms with E-state index >= 15 is 0 Å². The molecule has 1 N–H and O–H groups in total. The molecule has 1 spiro atoms. The van der Waals surface area contributed by atoms with Crippen molar-refractivity contribution >= 4 is 17.7 Å². The molecule has 1 aromatic carbocycles. The van der Waals surface area contributed by atoms with E-state index in [-0.39, 0.29) is 23.7 Å². The van der Waals surface area contributed by atoms with Gasteiger partial charge in [-0.15, -0.1) is 11.8 Å². The summed E-state index contributed by atoms with van der Waals surface area (Å²) in [5, 5.41) is 10.9. The molecule has 5 aliphatic rings. The van der Waals surface area contributed by atoms with Gasteiger partial charge in [0.2, 0.25) is 12.1 Å². The molecule has 8 heteroatoms. The molecule has 0 aromatic heterocycles. The summed E-state index contributed by atoms with van der Waals surface area (Å²) in [6.45, 7) is 7.95. The molecule has 5 fully saturated rings. The van der Waals surface area contributed by atoms with Gasteiger partial charge in [0.25, 0.3) is 0 Å². The Morgan fingerprint density at radius 2 is 2.06 bits per heavy atom. The SMILES string of the molecule is CCSc1cccc(C(=O)O[C@@H]2O[C@@H]3O[C@]4(C)CC[C@H]5[C@H](C)[C@H](O)C[C@@H]([C@H]2C)[C@@]35OO4)c1. The highest BCUT2D eigenvalue weighted by Gasteiger charge is 2.71. The highest BCUT2D eigenvalue weighted by molar-refractivity contribution is 7.99. The Morgan fingerprint density at radius 3 is 2.84 bits per heavy atom. The second-order valence-corrected chi connectivity index (χ2v) is 11.1. The maximum absolute atomic E-state index is 13.0. The molecule has 7 nitrogen and oxygen atoms in total. The molecular weight excluding hydrogens is 432 g/mol. The smallest absolute Gasteiger partial charge is 0.340 e. The van der Waals surface area contributed by atoms with E-state index in [1.54, 1.807) is 17.8 Å². The van der Waals surface area contributed by atoms with Crippen molar-refractivity contribution in [3.05, 3.63) is 29.8 Å². The van der Waals surface area contributed by atoms with Crippen LogP contribution in [0.3, 0.4) is 0 Å². The molecule has 6 rings (SSSR count). The summed E-state index contributed by atoms with van der Waals surface area (Å²) in [6.07, 6.45) is -0.0419. The Hall–Kier alpha value is -1.16. The van der Waals surface area contributed by atoms with E-state index in [1.165, 1.54) is 0 Å². The summed E-state index contributed by atoms with van der Waals surface area (Å²) < 4.78 is 18.5. The minimum absolute atomic E-state index is 0.0208. The van der Waals surface area contributed by atoms with Crippen molar-refractivity contribution < 1.29 is 33.9 Å². The van der Waals surface area contributed by atoms with Crippen LogP contribution in [0.2, 0.25) is 0 Å². The molecule has 0 amide bonds. The van der Waals surface area contributed by atoms with E-state index in [0.717, 1.165) is 17.1 Å². The van der Waals surface area contributed by atoms with Gasteiger partial charge < -0.3 is 19.3 Å². The van der Waals surface area contributed by atoms with E-state index in [2.05, 4.69) is 13.8 Å². The third-order valence-electron chi connectivity index (χ3n) is 7.82. The first-order valence-corrected chi connectivity index (χ1v) is 12.6. The summed E-state index contributed by atoms with van der Waals surface area (Å²) in [4.78, 5) is 25.9. The average Bonchev–Trinajstić information content (AvgIpc) is 3.00. The lowest BCUT2D eigenvalue weighted by Crippen LogP contribution is -2.72. The van der Waals surface area contributed by atoms with Crippen LogP contribution < -0.4 is 0 Å². The van der Waals surface area contributed by atoms with Crippen molar-refractivity contribution in [2.75, 3.05) is 5.75 Å². The van der Waals surface area contributed by atoms with Crippen molar-refractivity contribution in [2.45, 2.75) is 81.9 Å². The van der Waals surface area contributed by atoms with Crippen LogP contribution in [0.4, 0.5) is 0 Å². The van der Waals surface area contributed by atoms with Gasteiger partial charge in [-0.1, -0.05) is 26.8 Å². The van der Waals surface area contributed by atoms with Crippen LogP contribution in [0.1, 0.15) is 57.3 Å². The molecule has 32 heavy (non-hydrogen) atoms. The maximum Gasteiger partial charge on any atom is 0.340 e. The quantitative estimate of drug-likeness (QED) is 0.405. The molecule has 4 heterocycles. The van der Waals surface area contributed by atoms with E-state index in [9.17, 15) is 9.90 Å². The summed E-state index contributed by atoms with van der Waals surface area (Å²) >= 11 is 1.67. The van der Waals surface area contributed by atoms with Crippen molar-refractivity contribution in [3.8, 4) is 0 Å². The number of hydrogen-bond donors (Lipinski definition) is 1. The van der Waals surface area contributed by atoms with E-state index in [1.807, 2.05) is 32.0 Å². The first-order valence-electron chi connectivity index (χ1n) is 11.6. The standard InChI is InChI=1S/C24H32O7S/c1-5-32-16-8-6-7-15(11-16)20(26)27-21-14(3)18-12-19(25)13(2)17-9-10-23(4)29-22(28-21)24(17,18)31-30-23/h6-8,11,13-14,17-19,21-22,25H,5,9-10,12H2,1-4H3/t13-,14+,17-,18-,19+,21+,22+,23-,24+/m0/s1. The van der Waals surface area contributed by atoms with Crippen LogP contribution in [-0.4, -0.2) is 46.9 Å². The Morgan fingerprint density at radius 1 is 1.25 bits per heavy atom. The first kappa shape index (κ1) is 22.6.